The highest BCUT2D eigenvalue weighted by atomic mass is 16.3. The normalized spacial score (nSPS) is 12.7. The third kappa shape index (κ3) is 2.71. The van der Waals surface area contributed by atoms with Crippen molar-refractivity contribution in [3.05, 3.63) is 47.0 Å². The maximum atomic E-state index is 10.2. The van der Waals surface area contributed by atoms with E-state index < -0.39 is 6.10 Å². The van der Waals surface area contributed by atoms with Crippen molar-refractivity contribution in [2.24, 2.45) is 7.05 Å². The summed E-state index contributed by atoms with van der Waals surface area (Å²) in [7, 11) is 1.83. The SMILES string of the molecule is Cc1cc(C)cc(C(O)Cc2ncnn2C)c1. The van der Waals surface area contributed by atoms with Crippen LogP contribution in [0.4, 0.5) is 0 Å². The summed E-state index contributed by atoms with van der Waals surface area (Å²) < 4.78 is 1.69. The van der Waals surface area contributed by atoms with Gasteiger partial charge in [-0.05, 0) is 19.4 Å². The molecule has 0 aliphatic heterocycles. The first-order valence-electron chi connectivity index (χ1n) is 5.65. The second-order valence-electron chi connectivity index (χ2n) is 4.44. The Kier molecular flexibility index (Phi) is 3.24. The lowest BCUT2D eigenvalue weighted by Gasteiger charge is -2.12. The lowest BCUT2D eigenvalue weighted by molar-refractivity contribution is 0.174. The van der Waals surface area contributed by atoms with Crippen molar-refractivity contribution in [2.45, 2.75) is 26.4 Å². The quantitative estimate of drug-likeness (QED) is 0.874. The van der Waals surface area contributed by atoms with Gasteiger partial charge in [-0.1, -0.05) is 29.3 Å². The molecule has 17 heavy (non-hydrogen) atoms. The summed E-state index contributed by atoms with van der Waals surface area (Å²) in [5.74, 6) is 0.789. The van der Waals surface area contributed by atoms with Crippen LogP contribution < -0.4 is 0 Å². The van der Waals surface area contributed by atoms with Crippen LogP contribution in [0.25, 0.3) is 0 Å². The van der Waals surface area contributed by atoms with Crippen LogP contribution in [-0.2, 0) is 13.5 Å². The Balaban J connectivity index is 2.20. The molecule has 2 rings (SSSR count). The van der Waals surface area contributed by atoms with E-state index >= 15 is 0 Å². The van der Waals surface area contributed by atoms with E-state index in [0.717, 1.165) is 22.5 Å². The molecule has 1 unspecified atom stereocenters. The number of hydrogen-bond donors (Lipinski definition) is 1. The number of nitrogens with zero attached hydrogens (tertiary/aromatic N) is 3. The van der Waals surface area contributed by atoms with Gasteiger partial charge in [-0.3, -0.25) is 4.68 Å². The molecule has 1 atom stereocenters. The number of aliphatic hydroxyl groups excluding tert-OH is 1. The van der Waals surface area contributed by atoms with Gasteiger partial charge in [0.25, 0.3) is 0 Å². The number of benzene rings is 1. The molecule has 2 aromatic rings. The van der Waals surface area contributed by atoms with Crippen LogP contribution in [0.1, 0.15) is 28.6 Å². The molecule has 4 nitrogen and oxygen atoms in total. The van der Waals surface area contributed by atoms with Crippen LogP contribution in [0.5, 0.6) is 0 Å². The number of aromatic nitrogens is 3. The standard InChI is InChI=1S/C13H17N3O/c1-9-4-10(2)6-11(5-9)12(17)7-13-14-8-15-16(13)3/h4-6,8,12,17H,7H2,1-3H3. The van der Waals surface area contributed by atoms with Crippen molar-refractivity contribution in [1.29, 1.82) is 0 Å². The van der Waals surface area contributed by atoms with Crippen molar-refractivity contribution in [1.82, 2.24) is 14.8 Å². The average Bonchev–Trinajstić information content (AvgIpc) is 2.63. The van der Waals surface area contributed by atoms with Gasteiger partial charge in [0.2, 0.25) is 0 Å². The minimum absolute atomic E-state index is 0.486. The smallest absolute Gasteiger partial charge is 0.138 e. The molecular formula is C13H17N3O. The van der Waals surface area contributed by atoms with E-state index in [-0.39, 0.29) is 0 Å². The molecule has 1 N–H and O–H groups in total. The lowest BCUT2D eigenvalue weighted by atomic mass is 10.0. The van der Waals surface area contributed by atoms with E-state index in [9.17, 15) is 5.11 Å². The van der Waals surface area contributed by atoms with Crippen LogP contribution >= 0.6 is 0 Å². The number of rotatable bonds is 3. The molecule has 0 saturated carbocycles. The first kappa shape index (κ1) is 11.8. The maximum Gasteiger partial charge on any atom is 0.138 e. The van der Waals surface area contributed by atoms with Crippen LogP contribution in [0.2, 0.25) is 0 Å². The van der Waals surface area contributed by atoms with E-state index in [4.69, 9.17) is 0 Å². The van der Waals surface area contributed by atoms with Crippen LogP contribution in [0, 0.1) is 13.8 Å². The second-order valence-corrected chi connectivity index (χ2v) is 4.44. The zero-order valence-corrected chi connectivity index (χ0v) is 10.4. The maximum absolute atomic E-state index is 10.2. The van der Waals surface area contributed by atoms with Gasteiger partial charge in [0.1, 0.15) is 12.2 Å². The number of aliphatic hydroxyl groups is 1. The molecule has 0 fully saturated rings. The minimum Gasteiger partial charge on any atom is -0.388 e. The largest absolute Gasteiger partial charge is 0.388 e. The predicted octanol–water partition coefficient (Wildman–Crippen LogP) is 1.71. The van der Waals surface area contributed by atoms with Crippen molar-refractivity contribution in [3.8, 4) is 0 Å². The van der Waals surface area contributed by atoms with Gasteiger partial charge in [0.05, 0.1) is 6.10 Å². The number of aryl methyl sites for hydroxylation is 3. The Labute approximate surface area is 101 Å². The first-order chi connectivity index (χ1) is 8.06. The lowest BCUT2D eigenvalue weighted by Crippen LogP contribution is -2.08. The highest BCUT2D eigenvalue weighted by Crippen LogP contribution is 2.19. The van der Waals surface area contributed by atoms with E-state index in [1.165, 1.54) is 6.33 Å². The van der Waals surface area contributed by atoms with Gasteiger partial charge < -0.3 is 5.11 Å². The summed E-state index contributed by atoms with van der Waals surface area (Å²) in [4.78, 5) is 4.12. The van der Waals surface area contributed by atoms with Gasteiger partial charge in [-0.15, -0.1) is 0 Å². The summed E-state index contributed by atoms with van der Waals surface area (Å²) in [5.41, 5.74) is 3.26. The molecule has 0 radical (unpaired) electrons. The van der Waals surface area contributed by atoms with Gasteiger partial charge in [-0.2, -0.15) is 5.10 Å². The molecule has 1 aromatic heterocycles. The Hall–Kier alpha value is -1.68. The van der Waals surface area contributed by atoms with Crippen molar-refractivity contribution < 1.29 is 5.11 Å². The topological polar surface area (TPSA) is 50.9 Å². The van der Waals surface area contributed by atoms with Gasteiger partial charge >= 0.3 is 0 Å². The van der Waals surface area contributed by atoms with E-state index in [2.05, 4.69) is 16.1 Å². The molecule has 90 valence electrons. The van der Waals surface area contributed by atoms with Crippen molar-refractivity contribution >= 4 is 0 Å². The Morgan fingerprint density at radius 3 is 2.41 bits per heavy atom. The molecule has 0 spiro atoms. The summed E-state index contributed by atoms with van der Waals surface area (Å²) in [6.07, 6.45) is 1.46. The fourth-order valence-electron chi connectivity index (χ4n) is 2.00. The van der Waals surface area contributed by atoms with Gasteiger partial charge in [-0.25, -0.2) is 4.98 Å². The highest BCUT2D eigenvalue weighted by Gasteiger charge is 2.12. The minimum atomic E-state index is -0.531. The molecule has 0 aliphatic rings. The Morgan fingerprint density at radius 2 is 1.88 bits per heavy atom. The zero-order chi connectivity index (χ0) is 12.4. The summed E-state index contributed by atoms with van der Waals surface area (Å²) in [6, 6.07) is 6.11. The van der Waals surface area contributed by atoms with Gasteiger partial charge in [0, 0.05) is 13.5 Å². The molecule has 0 bridgehead atoms. The predicted molar refractivity (Wildman–Crippen MR) is 65.6 cm³/mol. The fourth-order valence-corrected chi connectivity index (χ4v) is 2.00. The molecule has 1 aromatic carbocycles. The van der Waals surface area contributed by atoms with Crippen LogP contribution in [0.3, 0.4) is 0 Å². The summed E-state index contributed by atoms with van der Waals surface area (Å²) >= 11 is 0. The van der Waals surface area contributed by atoms with E-state index in [0.29, 0.717) is 6.42 Å². The molecule has 1 heterocycles. The van der Waals surface area contributed by atoms with E-state index in [1.807, 2.05) is 33.0 Å². The molecule has 4 heteroatoms. The van der Waals surface area contributed by atoms with Crippen molar-refractivity contribution in [2.75, 3.05) is 0 Å². The molecule has 0 saturated heterocycles. The molecule has 0 amide bonds. The molecule has 0 aliphatic carbocycles. The Morgan fingerprint density at radius 1 is 1.24 bits per heavy atom. The van der Waals surface area contributed by atoms with Crippen LogP contribution in [0.15, 0.2) is 24.5 Å². The van der Waals surface area contributed by atoms with Gasteiger partial charge in [0.15, 0.2) is 0 Å². The summed E-state index contributed by atoms with van der Waals surface area (Å²) in [6.45, 7) is 4.07. The zero-order valence-electron chi connectivity index (χ0n) is 10.4. The Bertz CT molecular complexity index is 499. The monoisotopic (exact) mass is 231 g/mol. The highest BCUT2D eigenvalue weighted by molar-refractivity contribution is 5.30. The number of hydrogen-bond acceptors (Lipinski definition) is 3. The first-order valence-corrected chi connectivity index (χ1v) is 5.65. The summed E-state index contributed by atoms with van der Waals surface area (Å²) in [5, 5.41) is 14.2. The van der Waals surface area contributed by atoms with Crippen molar-refractivity contribution in [3.63, 3.8) is 0 Å². The van der Waals surface area contributed by atoms with E-state index in [1.54, 1.807) is 4.68 Å². The fraction of sp³-hybridized carbons (Fsp3) is 0.385. The van der Waals surface area contributed by atoms with Crippen LogP contribution in [-0.4, -0.2) is 19.9 Å². The third-order valence-corrected chi connectivity index (χ3v) is 2.81. The molecular weight excluding hydrogens is 214 g/mol. The third-order valence-electron chi connectivity index (χ3n) is 2.81. The second kappa shape index (κ2) is 4.67. The average molecular weight is 231 g/mol.